The first-order chi connectivity index (χ1) is 9.11. The smallest absolute Gasteiger partial charge is 0.239 e. The highest BCUT2D eigenvalue weighted by Gasteiger charge is 2.18. The molecule has 112 valence electrons. The summed E-state index contributed by atoms with van der Waals surface area (Å²) in [6.45, 7) is 8.19. The predicted molar refractivity (Wildman–Crippen MR) is 83.0 cm³/mol. The number of hydrogen-bond acceptors (Lipinski definition) is 3. The van der Waals surface area contributed by atoms with Gasteiger partial charge in [0.25, 0.3) is 0 Å². The summed E-state index contributed by atoms with van der Waals surface area (Å²) in [6.07, 6.45) is 1.06. The average molecular weight is 297 g/mol. The summed E-state index contributed by atoms with van der Waals surface area (Å²) in [4.78, 5) is 11.9. The Labute approximate surface area is 121 Å². The van der Waals surface area contributed by atoms with Crippen molar-refractivity contribution >= 4 is 21.4 Å². The Morgan fingerprint density at radius 1 is 1.10 bits per heavy atom. The van der Waals surface area contributed by atoms with E-state index in [2.05, 4.69) is 5.32 Å². The van der Waals surface area contributed by atoms with E-state index in [0.717, 1.165) is 23.1 Å². The number of amides is 1. The SMILES string of the molecule is CC(C)c1cccc(C(C)C)c1NC(=O)CS(C)(=O)=O. The summed E-state index contributed by atoms with van der Waals surface area (Å²) in [5.41, 5.74) is 2.81. The summed E-state index contributed by atoms with van der Waals surface area (Å²) in [7, 11) is -3.32. The summed E-state index contributed by atoms with van der Waals surface area (Å²) in [5.74, 6) is -0.469. The molecular formula is C15H23NO3S. The van der Waals surface area contributed by atoms with E-state index in [0.29, 0.717) is 0 Å². The third kappa shape index (κ3) is 4.63. The van der Waals surface area contributed by atoms with E-state index >= 15 is 0 Å². The molecule has 0 radical (unpaired) electrons. The fourth-order valence-corrected chi connectivity index (χ4v) is 2.66. The fraction of sp³-hybridized carbons (Fsp3) is 0.533. The minimum atomic E-state index is -3.32. The first kappa shape index (κ1) is 16.7. The normalized spacial score (nSPS) is 11.9. The third-order valence-electron chi connectivity index (χ3n) is 3.03. The summed E-state index contributed by atoms with van der Waals surface area (Å²) in [5, 5.41) is 2.78. The first-order valence-electron chi connectivity index (χ1n) is 6.72. The fourth-order valence-electron chi connectivity index (χ4n) is 2.11. The second-order valence-corrected chi connectivity index (χ2v) is 7.88. The number of nitrogens with one attached hydrogen (secondary N) is 1. The molecule has 0 unspecified atom stereocenters. The van der Waals surface area contributed by atoms with Crippen LogP contribution in [0, 0.1) is 0 Å². The molecule has 5 heteroatoms. The van der Waals surface area contributed by atoms with E-state index in [1.54, 1.807) is 0 Å². The molecule has 1 rings (SSSR count). The lowest BCUT2D eigenvalue weighted by Gasteiger charge is -2.20. The molecule has 1 aromatic rings. The zero-order chi connectivity index (χ0) is 15.5. The van der Waals surface area contributed by atoms with Crippen LogP contribution in [0.25, 0.3) is 0 Å². The van der Waals surface area contributed by atoms with Gasteiger partial charge in [0.1, 0.15) is 5.75 Å². The van der Waals surface area contributed by atoms with E-state index in [4.69, 9.17) is 0 Å². The number of carbonyl (C=O) groups is 1. The van der Waals surface area contributed by atoms with Gasteiger partial charge in [-0.25, -0.2) is 8.42 Å². The van der Waals surface area contributed by atoms with Crippen LogP contribution < -0.4 is 5.32 Å². The largest absolute Gasteiger partial charge is 0.325 e. The van der Waals surface area contributed by atoms with Gasteiger partial charge >= 0.3 is 0 Å². The van der Waals surface area contributed by atoms with Crippen LogP contribution in [-0.4, -0.2) is 26.3 Å². The van der Waals surface area contributed by atoms with Crippen LogP contribution in [0.5, 0.6) is 0 Å². The first-order valence-corrected chi connectivity index (χ1v) is 8.78. The Balaban J connectivity index is 3.17. The second kappa shape index (κ2) is 6.39. The number of para-hydroxylation sites is 1. The molecule has 0 heterocycles. The van der Waals surface area contributed by atoms with Crippen LogP contribution in [0.4, 0.5) is 5.69 Å². The van der Waals surface area contributed by atoms with Crippen LogP contribution >= 0.6 is 0 Å². The van der Waals surface area contributed by atoms with Gasteiger partial charge in [0, 0.05) is 11.9 Å². The Morgan fingerprint density at radius 3 is 1.90 bits per heavy atom. The van der Waals surface area contributed by atoms with Gasteiger partial charge in [-0.3, -0.25) is 4.79 Å². The Morgan fingerprint density at radius 2 is 1.55 bits per heavy atom. The number of sulfone groups is 1. The lowest BCUT2D eigenvalue weighted by molar-refractivity contribution is -0.113. The molecule has 0 aliphatic carbocycles. The second-order valence-electron chi connectivity index (χ2n) is 5.74. The van der Waals surface area contributed by atoms with E-state index < -0.39 is 21.5 Å². The van der Waals surface area contributed by atoms with E-state index in [1.807, 2.05) is 45.9 Å². The number of carbonyl (C=O) groups excluding carboxylic acids is 1. The molecule has 20 heavy (non-hydrogen) atoms. The van der Waals surface area contributed by atoms with Gasteiger partial charge in [-0.2, -0.15) is 0 Å². The molecule has 0 fully saturated rings. The maximum atomic E-state index is 11.9. The van der Waals surface area contributed by atoms with Gasteiger partial charge in [-0.15, -0.1) is 0 Å². The molecule has 0 atom stereocenters. The third-order valence-corrected chi connectivity index (χ3v) is 3.82. The van der Waals surface area contributed by atoms with Gasteiger partial charge in [0.2, 0.25) is 5.91 Å². The summed E-state index contributed by atoms with van der Waals surface area (Å²) >= 11 is 0. The van der Waals surface area contributed by atoms with Gasteiger partial charge in [0.05, 0.1) is 0 Å². The van der Waals surface area contributed by atoms with Crippen molar-refractivity contribution in [3.8, 4) is 0 Å². The highest BCUT2D eigenvalue weighted by atomic mass is 32.2. The van der Waals surface area contributed by atoms with Crippen molar-refractivity contribution in [2.24, 2.45) is 0 Å². The lowest BCUT2D eigenvalue weighted by atomic mass is 9.92. The van der Waals surface area contributed by atoms with E-state index in [1.165, 1.54) is 0 Å². The molecule has 0 saturated carbocycles. The molecular weight excluding hydrogens is 274 g/mol. The molecule has 0 saturated heterocycles. The van der Waals surface area contributed by atoms with Gasteiger partial charge in [-0.05, 0) is 23.0 Å². The van der Waals surface area contributed by atoms with Crippen molar-refractivity contribution in [2.75, 3.05) is 17.3 Å². The van der Waals surface area contributed by atoms with Crippen molar-refractivity contribution in [1.82, 2.24) is 0 Å². The highest BCUT2D eigenvalue weighted by Crippen LogP contribution is 2.32. The molecule has 0 bridgehead atoms. The van der Waals surface area contributed by atoms with Crippen LogP contribution in [0.2, 0.25) is 0 Å². The zero-order valence-electron chi connectivity index (χ0n) is 12.7. The molecule has 1 amide bonds. The molecule has 0 aromatic heterocycles. The topological polar surface area (TPSA) is 63.2 Å². The van der Waals surface area contributed by atoms with Crippen LogP contribution in [-0.2, 0) is 14.6 Å². The zero-order valence-corrected chi connectivity index (χ0v) is 13.5. The van der Waals surface area contributed by atoms with Crippen LogP contribution in [0.3, 0.4) is 0 Å². The minimum absolute atomic E-state index is 0.252. The van der Waals surface area contributed by atoms with E-state index in [-0.39, 0.29) is 11.8 Å². The van der Waals surface area contributed by atoms with Crippen molar-refractivity contribution in [1.29, 1.82) is 0 Å². The summed E-state index contributed by atoms with van der Waals surface area (Å²) in [6, 6.07) is 5.90. The Kier molecular flexibility index (Phi) is 5.34. The maximum absolute atomic E-state index is 11.9. The molecule has 4 nitrogen and oxygen atoms in total. The number of benzene rings is 1. The monoisotopic (exact) mass is 297 g/mol. The standard InChI is InChI=1S/C15H23NO3S/c1-10(2)12-7-6-8-13(11(3)4)15(12)16-14(17)9-20(5,18)19/h6-8,10-11H,9H2,1-5H3,(H,16,17). The highest BCUT2D eigenvalue weighted by molar-refractivity contribution is 7.91. The Hall–Kier alpha value is -1.36. The minimum Gasteiger partial charge on any atom is -0.325 e. The lowest BCUT2D eigenvalue weighted by Crippen LogP contribution is -2.23. The maximum Gasteiger partial charge on any atom is 0.239 e. The molecule has 0 aliphatic heterocycles. The van der Waals surface area contributed by atoms with Gasteiger partial charge in [0.15, 0.2) is 9.84 Å². The van der Waals surface area contributed by atoms with Crippen molar-refractivity contribution in [3.63, 3.8) is 0 Å². The van der Waals surface area contributed by atoms with Gasteiger partial charge in [-0.1, -0.05) is 45.9 Å². The van der Waals surface area contributed by atoms with Crippen molar-refractivity contribution in [2.45, 2.75) is 39.5 Å². The number of hydrogen-bond donors (Lipinski definition) is 1. The number of rotatable bonds is 5. The van der Waals surface area contributed by atoms with E-state index in [9.17, 15) is 13.2 Å². The van der Waals surface area contributed by atoms with Gasteiger partial charge < -0.3 is 5.32 Å². The summed E-state index contributed by atoms with van der Waals surface area (Å²) < 4.78 is 22.4. The van der Waals surface area contributed by atoms with Crippen molar-refractivity contribution < 1.29 is 13.2 Å². The molecule has 0 aliphatic rings. The van der Waals surface area contributed by atoms with Crippen LogP contribution in [0.1, 0.15) is 50.7 Å². The van der Waals surface area contributed by atoms with Crippen molar-refractivity contribution in [3.05, 3.63) is 29.3 Å². The van der Waals surface area contributed by atoms with Crippen LogP contribution in [0.15, 0.2) is 18.2 Å². The molecule has 1 aromatic carbocycles. The predicted octanol–water partition coefficient (Wildman–Crippen LogP) is 2.92. The number of anilines is 1. The average Bonchev–Trinajstić information content (AvgIpc) is 2.25. The Bertz CT molecular complexity index is 563. The molecule has 1 N–H and O–H groups in total. The molecule has 0 spiro atoms. The quantitative estimate of drug-likeness (QED) is 0.909.